The Kier molecular flexibility index (Phi) is 5.18. The van der Waals surface area contributed by atoms with Gasteiger partial charge in [-0.1, -0.05) is 60.7 Å². The molecule has 8 heteroatoms. The monoisotopic (exact) mass is 394 g/mol. The molecular formula is C21H20F2N6. The molecular weight excluding hydrogens is 374 g/mol. The van der Waals surface area contributed by atoms with Crippen molar-refractivity contribution in [3.8, 4) is 0 Å². The zero-order valence-corrected chi connectivity index (χ0v) is 15.5. The first-order valence-corrected chi connectivity index (χ1v) is 9.20. The highest BCUT2D eigenvalue weighted by molar-refractivity contribution is 5.77. The summed E-state index contributed by atoms with van der Waals surface area (Å²) in [6.07, 6.45) is 0. The standard InChI is InChI=1S/C21H20F2N6/c22-21(23,15-9-5-2-6-10-15)13-25-12-17(14-7-3-1-4-8-14)16-11-18(24)26-20-19(16)27-29-28-20/h1-11,17,25H,12-13H2,(H3,24,26,27,28,29). The normalized spacial score (nSPS) is 12.9. The number of pyridine rings is 1. The second-order valence-corrected chi connectivity index (χ2v) is 6.80. The van der Waals surface area contributed by atoms with Crippen LogP contribution in [0.15, 0.2) is 66.7 Å². The maximum Gasteiger partial charge on any atom is 0.285 e. The Labute approximate surface area is 166 Å². The zero-order chi connectivity index (χ0) is 20.3. The number of nitrogens with one attached hydrogen (secondary N) is 2. The van der Waals surface area contributed by atoms with Gasteiger partial charge in [-0.25, -0.2) is 4.98 Å². The minimum absolute atomic E-state index is 0.0178. The highest BCUT2D eigenvalue weighted by Gasteiger charge is 2.31. The number of fused-ring (bicyclic) bond motifs is 1. The van der Waals surface area contributed by atoms with Crippen LogP contribution in [0.1, 0.15) is 22.6 Å². The van der Waals surface area contributed by atoms with Gasteiger partial charge in [0, 0.05) is 18.0 Å². The molecule has 0 bridgehead atoms. The molecule has 0 amide bonds. The number of benzene rings is 2. The Bertz CT molecular complexity index is 1080. The van der Waals surface area contributed by atoms with Gasteiger partial charge in [-0.3, -0.25) is 0 Å². The summed E-state index contributed by atoms with van der Waals surface area (Å²) in [6, 6.07) is 19.1. The Morgan fingerprint density at radius 1 is 1.00 bits per heavy atom. The molecule has 1 unspecified atom stereocenters. The van der Waals surface area contributed by atoms with Gasteiger partial charge in [0.25, 0.3) is 5.92 Å². The maximum absolute atomic E-state index is 14.6. The van der Waals surface area contributed by atoms with Crippen LogP contribution in [-0.2, 0) is 5.92 Å². The molecule has 4 aromatic rings. The van der Waals surface area contributed by atoms with Crippen LogP contribution in [0.2, 0.25) is 0 Å². The molecule has 0 radical (unpaired) electrons. The fourth-order valence-electron chi connectivity index (χ4n) is 3.40. The molecule has 0 aliphatic rings. The smallest absolute Gasteiger partial charge is 0.285 e. The van der Waals surface area contributed by atoms with Gasteiger partial charge in [0.2, 0.25) is 5.65 Å². The first-order valence-electron chi connectivity index (χ1n) is 9.20. The van der Waals surface area contributed by atoms with Gasteiger partial charge in [0.1, 0.15) is 11.3 Å². The first-order chi connectivity index (χ1) is 14.0. The van der Waals surface area contributed by atoms with Gasteiger partial charge in [-0.2, -0.15) is 19.1 Å². The summed E-state index contributed by atoms with van der Waals surface area (Å²) in [4.78, 5) is 4.16. The summed E-state index contributed by atoms with van der Waals surface area (Å²) in [5.41, 5.74) is 8.63. The van der Waals surface area contributed by atoms with Gasteiger partial charge < -0.3 is 11.1 Å². The van der Waals surface area contributed by atoms with E-state index in [0.717, 1.165) is 11.1 Å². The van der Waals surface area contributed by atoms with Gasteiger partial charge >= 0.3 is 0 Å². The van der Waals surface area contributed by atoms with E-state index >= 15 is 0 Å². The molecule has 2 aromatic heterocycles. The van der Waals surface area contributed by atoms with Crippen molar-refractivity contribution in [3.63, 3.8) is 0 Å². The molecule has 0 saturated carbocycles. The number of rotatable bonds is 7. The number of hydrogen-bond donors (Lipinski definition) is 3. The minimum Gasteiger partial charge on any atom is -0.384 e. The van der Waals surface area contributed by atoms with Crippen LogP contribution in [0.25, 0.3) is 11.2 Å². The second-order valence-electron chi connectivity index (χ2n) is 6.80. The Hall–Kier alpha value is -3.39. The van der Waals surface area contributed by atoms with E-state index in [1.807, 2.05) is 30.3 Å². The van der Waals surface area contributed by atoms with Gasteiger partial charge in [-0.15, -0.1) is 5.10 Å². The van der Waals surface area contributed by atoms with Gasteiger partial charge in [-0.05, 0) is 17.2 Å². The molecule has 0 aliphatic carbocycles. The molecule has 4 rings (SSSR count). The number of anilines is 1. The Morgan fingerprint density at radius 2 is 1.69 bits per heavy atom. The van der Waals surface area contributed by atoms with Crippen molar-refractivity contribution in [1.29, 1.82) is 0 Å². The molecule has 0 saturated heterocycles. The lowest BCUT2D eigenvalue weighted by atomic mass is 9.90. The van der Waals surface area contributed by atoms with Crippen molar-refractivity contribution >= 4 is 17.0 Å². The number of nitrogens with zero attached hydrogens (tertiary/aromatic N) is 3. The number of nitrogen functional groups attached to an aromatic ring is 1. The van der Waals surface area contributed by atoms with Crippen LogP contribution in [0.3, 0.4) is 0 Å². The van der Waals surface area contributed by atoms with Crippen molar-refractivity contribution in [2.45, 2.75) is 11.8 Å². The lowest BCUT2D eigenvalue weighted by Crippen LogP contribution is -2.33. The molecule has 2 aromatic carbocycles. The number of hydrogen-bond acceptors (Lipinski definition) is 5. The van der Waals surface area contributed by atoms with Crippen molar-refractivity contribution in [1.82, 2.24) is 25.7 Å². The third-order valence-electron chi connectivity index (χ3n) is 4.81. The molecule has 0 aliphatic heterocycles. The maximum atomic E-state index is 14.6. The predicted octanol–water partition coefficient (Wildman–Crippen LogP) is 3.45. The minimum atomic E-state index is -2.98. The van der Waals surface area contributed by atoms with Crippen LogP contribution in [-0.4, -0.2) is 33.5 Å². The third kappa shape index (κ3) is 4.07. The fourth-order valence-corrected chi connectivity index (χ4v) is 3.40. The summed E-state index contributed by atoms with van der Waals surface area (Å²) in [7, 11) is 0. The topological polar surface area (TPSA) is 92.5 Å². The lowest BCUT2D eigenvalue weighted by molar-refractivity contribution is -0.00309. The highest BCUT2D eigenvalue weighted by atomic mass is 19.3. The number of nitrogens with two attached hydrogens (primary N) is 1. The first kappa shape index (κ1) is 18.9. The van der Waals surface area contributed by atoms with Crippen molar-refractivity contribution in [3.05, 3.63) is 83.4 Å². The third-order valence-corrected chi connectivity index (χ3v) is 4.81. The molecule has 148 valence electrons. The van der Waals surface area contributed by atoms with E-state index in [9.17, 15) is 8.78 Å². The van der Waals surface area contributed by atoms with Crippen LogP contribution >= 0.6 is 0 Å². The average molecular weight is 394 g/mol. The van der Waals surface area contributed by atoms with E-state index in [4.69, 9.17) is 5.73 Å². The summed E-state index contributed by atoms with van der Waals surface area (Å²) < 4.78 is 29.1. The SMILES string of the molecule is Nc1cc(C(CNCC(F)(F)c2ccccc2)c2ccccc2)c2n[nH]nc2n1. The zero-order valence-electron chi connectivity index (χ0n) is 15.5. The van der Waals surface area contributed by atoms with Crippen molar-refractivity contribution in [2.75, 3.05) is 18.8 Å². The molecule has 4 N–H and O–H groups in total. The summed E-state index contributed by atoms with van der Waals surface area (Å²) in [5, 5.41) is 13.7. The van der Waals surface area contributed by atoms with E-state index in [1.54, 1.807) is 24.3 Å². The van der Waals surface area contributed by atoms with E-state index in [2.05, 4.69) is 25.7 Å². The van der Waals surface area contributed by atoms with Gasteiger partial charge in [0.05, 0.1) is 6.54 Å². The molecule has 0 fully saturated rings. The van der Waals surface area contributed by atoms with E-state index < -0.39 is 12.5 Å². The Morgan fingerprint density at radius 3 is 2.41 bits per heavy atom. The molecule has 6 nitrogen and oxygen atoms in total. The quantitative estimate of drug-likeness (QED) is 0.447. The largest absolute Gasteiger partial charge is 0.384 e. The molecule has 29 heavy (non-hydrogen) atoms. The van der Waals surface area contributed by atoms with Crippen molar-refractivity contribution < 1.29 is 8.78 Å². The molecule has 0 spiro atoms. The fraction of sp³-hybridized carbons (Fsp3) is 0.190. The predicted molar refractivity (Wildman–Crippen MR) is 108 cm³/mol. The second kappa shape index (κ2) is 7.92. The van der Waals surface area contributed by atoms with E-state index in [0.29, 0.717) is 17.0 Å². The van der Waals surface area contributed by atoms with E-state index in [-0.39, 0.29) is 18.0 Å². The Balaban J connectivity index is 1.61. The molecule has 1 atom stereocenters. The highest BCUT2D eigenvalue weighted by Crippen LogP contribution is 2.31. The number of aromatic nitrogens is 4. The lowest BCUT2D eigenvalue weighted by Gasteiger charge is -2.22. The van der Waals surface area contributed by atoms with Gasteiger partial charge in [0.15, 0.2) is 0 Å². The van der Waals surface area contributed by atoms with Crippen LogP contribution in [0.4, 0.5) is 14.6 Å². The number of aromatic amines is 1. The number of halogens is 2. The van der Waals surface area contributed by atoms with Crippen LogP contribution < -0.4 is 11.1 Å². The van der Waals surface area contributed by atoms with E-state index in [1.165, 1.54) is 12.1 Å². The summed E-state index contributed by atoms with van der Waals surface area (Å²) >= 11 is 0. The van der Waals surface area contributed by atoms with Crippen LogP contribution in [0, 0.1) is 0 Å². The average Bonchev–Trinajstić information content (AvgIpc) is 3.20. The number of H-pyrrole nitrogens is 1. The van der Waals surface area contributed by atoms with Crippen LogP contribution in [0.5, 0.6) is 0 Å². The van der Waals surface area contributed by atoms with Crippen molar-refractivity contribution in [2.24, 2.45) is 0 Å². The summed E-state index contributed by atoms with van der Waals surface area (Å²) in [5.74, 6) is -2.93. The summed E-state index contributed by atoms with van der Waals surface area (Å²) in [6.45, 7) is -0.208. The number of alkyl halides is 2. The molecule has 2 heterocycles.